The van der Waals surface area contributed by atoms with Gasteiger partial charge in [-0.2, -0.15) is 0 Å². The normalized spacial score (nSPS) is 23.4. The van der Waals surface area contributed by atoms with Crippen molar-refractivity contribution in [2.24, 2.45) is 5.92 Å². The predicted octanol–water partition coefficient (Wildman–Crippen LogP) is 1.02. The van der Waals surface area contributed by atoms with Crippen LogP contribution in [0, 0.1) is 5.92 Å². The first-order chi connectivity index (χ1) is 8.79. The SMILES string of the molecule is CCOC(=O)C1CCN(CCC2OCCO2)CC1. The zero-order valence-corrected chi connectivity index (χ0v) is 11.1. The quantitative estimate of drug-likeness (QED) is 0.688. The highest BCUT2D eigenvalue weighted by Gasteiger charge is 2.26. The number of ether oxygens (including phenoxy) is 3. The van der Waals surface area contributed by atoms with Crippen LogP contribution in [0.5, 0.6) is 0 Å². The number of hydrogen-bond acceptors (Lipinski definition) is 5. The van der Waals surface area contributed by atoms with Gasteiger partial charge in [0, 0.05) is 13.0 Å². The molecule has 0 aromatic heterocycles. The van der Waals surface area contributed by atoms with Crippen molar-refractivity contribution in [2.75, 3.05) is 39.5 Å². The fourth-order valence-electron chi connectivity index (χ4n) is 2.51. The summed E-state index contributed by atoms with van der Waals surface area (Å²) in [6, 6.07) is 0. The third kappa shape index (κ3) is 3.93. The number of nitrogens with zero attached hydrogens (tertiary/aromatic N) is 1. The molecule has 0 aromatic carbocycles. The molecule has 18 heavy (non-hydrogen) atoms. The van der Waals surface area contributed by atoms with Crippen LogP contribution in [0.4, 0.5) is 0 Å². The number of hydrogen-bond donors (Lipinski definition) is 0. The molecule has 0 saturated carbocycles. The van der Waals surface area contributed by atoms with Gasteiger partial charge >= 0.3 is 5.97 Å². The summed E-state index contributed by atoms with van der Waals surface area (Å²) in [6.07, 6.45) is 2.72. The molecular weight excluding hydrogens is 234 g/mol. The Labute approximate surface area is 108 Å². The Morgan fingerprint density at radius 2 is 1.94 bits per heavy atom. The van der Waals surface area contributed by atoms with E-state index < -0.39 is 0 Å². The minimum atomic E-state index is -0.0281. The van der Waals surface area contributed by atoms with E-state index in [9.17, 15) is 4.79 Å². The Morgan fingerprint density at radius 1 is 1.28 bits per heavy atom. The zero-order valence-electron chi connectivity index (χ0n) is 11.1. The van der Waals surface area contributed by atoms with E-state index in [2.05, 4.69) is 4.90 Å². The maximum atomic E-state index is 11.6. The van der Waals surface area contributed by atoms with E-state index in [1.165, 1.54) is 0 Å². The van der Waals surface area contributed by atoms with E-state index in [1.54, 1.807) is 0 Å². The molecule has 2 aliphatic rings. The second-order valence-electron chi connectivity index (χ2n) is 4.83. The molecule has 0 aliphatic carbocycles. The summed E-state index contributed by atoms with van der Waals surface area (Å²) in [4.78, 5) is 14.0. The highest BCUT2D eigenvalue weighted by Crippen LogP contribution is 2.19. The van der Waals surface area contributed by atoms with Crippen molar-refractivity contribution in [1.29, 1.82) is 0 Å². The molecule has 2 heterocycles. The van der Waals surface area contributed by atoms with Crippen LogP contribution >= 0.6 is 0 Å². The number of piperidine rings is 1. The lowest BCUT2D eigenvalue weighted by Crippen LogP contribution is -2.38. The van der Waals surface area contributed by atoms with Crippen LogP contribution in [0.25, 0.3) is 0 Å². The molecule has 2 fully saturated rings. The Kier molecular flexibility index (Phi) is 5.41. The molecule has 0 unspecified atom stereocenters. The molecule has 0 bridgehead atoms. The summed E-state index contributed by atoms with van der Waals surface area (Å²) >= 11 is 0. The van der Waals surface area contributed by atoms with Crippen molar-refractivity contribution in [1.82, 2.24) is 4.90 Å². The lowest BCUT2D eigenvalue weighted by atomic mass is 9.97. The van der Waals surface area contributed by atoms with E-state index in [4.69, 9.17) is 14.2 Å². The van der Waals surface area contributed by atoms with Crippen molar-refractivity contribution < 1.29 is 19.0 Å². The zero-order chi connectivity index (χ0) is 12.8. The highest BCUT2D eigenvalue weighted by atomic mass is 16.7. The highest BCUT2D eigenvalue weighted by molar-refractivity contribution is 5.72. The standard InChI is InChI=1S/C13H23NO4/c1-2-16-13(15)11-3-6-14(7-4-11)8-5-12-17-9-10-18-12/h11-12H,2-10H2,1H3. The van der Waals surface area contributed by atoms with Gasteiger partial charge in [-0.15, -0.1) is 0 Å². The van der Waals surface area contributed by atoms with Crippen molar-refractivity contribution in [3.63, 3.8) is 0 Å². The molecule has 0 spiro atoms. The van der Waals surface area contributed by atoms with E-state index >= 15 is 0 Å². The smallest absolute Gasteiger partial charge is 0.309 e. The van der Waals surface area contributed by atoms with Crippen molar-refractivity contribution >= 4 is 5.97 Å². The largest absolute Gasteiger partial charge is 0.466 e. The molecule has 5 nitrogen and oxygen atoms in total. The average Bonchev–Trinajstić information content (AvgIpc) is 2.90. The van der Waals surface area contributed by atoms with Gasteiger partial charge in [0.05, 0.1) is 25.7 Å². The monoisotopic (exact) mass is 257 g/mol. The minimum absolute atomic E-state index is 0.0206. The van der Waals surface area contributed by atoms with Gasteiger partial charge in [-0.05, 0) is 32.9 Å². The number of likely N-dealkylation sites (tertiary alicyclic amines) is 1. The Morgan fingerprint density at radius 3 is 2.56 bits per heavy atom. The molecule has 2 saturated heterocycles. The van der Waals surface area contributed by atoms with Gasteiger partial charge in [0.25, 0.3) is 0 Å². The molecule has 0 aromatic rings. The third-order valence-electron chi connectivity index (χ3n) is 3.58. The summed E-state index contributed by atoms with van der Waals surface area (Å²) in [7, 11) is 0. The number of carbonyl (C=O) groups excluding carboxylic acids is 1. The fraction of sp³-hybridized carbons (Fsp3) is 0.923. The first-order valence-electron chi connectivity index (χ1n) is 6.91. The van der Waals surface area contributed by atoms with Gasteiger partial charge in [-0.3, -0.25) is 4.79 Å². The van der Waals surface area contributed by atoms with E-state index in [1.807, 2.05) is 6.92 Å². The van der Waals surface area contributed by atoms with Gasteiger partial charge in [0.2, 0.25) is 0 Å². The maximum Gasteiger partial charge on any atom is 0.309 e. The van der Waals surface area contributed by atoms with Crippen molar-refractivity contribution in [3.8, 4) is 0 Å². The number of rotatable bonds is 5. The van der Waals surface area contributed by atoms with E-state index in [-0.39, 0.29) is 18.2 Å². The van der Waals surface area contributed by atoms with Gasteiger partial charge in [0.1, 0.15) is 0 Å². The molecule has 0 amide bonds. The molecular formula is C13H23NO4. The molecule has 104 valence electrons. The Hall–Kier alpha value is -0.650. The second-order valence-corrected chi connectivity index (χ2v) is 4.83. The van der Waals surface area contributed by atoms with Crippen LogP contribution in [-0.2, 0) is 19.0 Å². The van der Waals surface area contributed by atoms with Crippen molar-refractivity contribution in [2.45, 2.75) is 32.5 Å². The Bertz CT molecular complexity index is 258. The van der Waals surface area contributed by atoms with Gasteiger partial charge in [0.15, 0.2) is 6.29 Å². The van der Waals surface area contributed by atoms with Crippen LogP contribution in [-0.4, -0.2) is 56.6 Å². The second kappa shape index (κ2) is 7.07. The molecule has 0 atom stereocenters. The summed E-state index contributed by atoms with van der Waals surface area (Å²) < 4.78 is 15.9. The van der Waals surface area contributed by atoms with Crippen LogP contribution in [0.1, 0.15) is 26.2 Å². The summed E-state index contributed by atoms with van der Waals surface area (Å²) in [5.41, 5.74) is 0. The first kappa shape index (κ1) is 13.8. The first-order valence-corrected chi connectivity index (χ1v) is 6.91. The van der Waals surface area contributed by atoms with Crippen LogP contribution in [0.3, 0.4) is 0 Å². The summed E-state index contributed by atoms with van der Waals surface area (Å²) in [5, 5.41) is 0. The minimum Gasteiger partial charge on any atom is -0.466 e. The summed E-state index contributed by atoms with van der Waals surface area (Å²) in [6.45, 7) is 6.70. The average molecular weight is 257 g/mol. The fourth-order valence-corrected chi connectivity index (χ4v) is 2.51. The number of carbonyl (C=O) groups is 1. The lowest BCUT2D eigenvalue weighted by molar-refractivity contribution is -0.149. The molecule has 0 radical (unpaired) electrons. The van der Waals surface area contributed by atoms with Crippen LogP contribution in [0.15, 0.2) is 0 Å². The van der Waals surface area contributed by atoms with Gasteiger partial charge in [-0.1, -0.05) is 0 Å². The van der Waals surface area contributed by atoms with E-state index in [0.717, 1.165) is 52.1 Å². The topological polar surface area (TPSA) is 48.0 Å². The van der Waals surface area contributed by atoms with Crippen molar-refractivity contribution in [3.05, 3.63) is 0 Å². The molecule has 5 heteroatoms. The maximum absolute atomic E-state index is 11.6. The predicted molar refractivity (Wildman–Crippen MR) is 66.1 cm³/mol. The molecule has 2 aliphatic heterocycles. The summed E-state index contributed by atoms with van der Waals surface area (Å²) in [5.74, 6) is 0.0693. The molecule has 2 rings (SSSR count). The lowest BCUT2D eigenvalue weighted by Gasteiger charge is -2.31. The van der Waals surface area contributed by atoms with Gasteiger partial charge in [-0.25, -0.2) is 0 Å². The van der Waals surface area contributed by atoms with E-state index in [0.29, 0.717) is 6.61 Å². The Balaban J connectivity index is 1.62. The third-order valence-corrected chi connectivity index (χ3v) is 3.58. The molecule has 0 N–H and O–H groups in total. The van der Waals surface area contributed by atoms with Crippen LogP contribution in [0.2, 0.25) is 0 Å². The van der Waals surface area contributed by atoms with Crippen LogP contribution < -0.4 is 0 Å². The number of esters is 1. The van der Waals surface area contributed by atoms with Gasteiger partial charge < -0.3 is 19.1 Å².